The lowest BCUT2D eigenvalue weighted by Gasteiger charge is -2.38. The van der Waals surface area contributed by atoms with Gasteiger partial charge in [0, 0.05) is 19.1 Å². The van der Waals surface area contributed by atoms with Gasteiger partial charge in [-0.1, -0.05) is 0 Å². The highest BCUT2D eigenvalue weighted by Gasteiger charge is 2.27. The molecule has 2 heterocycles. The molecule has 5 heteroatoms. The second kappa shape index (κ2) is 9.41. The Labute approximate surface area is 151 Å². The summed E-state index contributed by atoms with van der Waals surface area (Å²) in [5.74, 6) is 1.62. The lowest BCUT2D eigenvalue weighted by molar-refractivity contribution is 0.0416. The van der Waals surface area contributed by atoms with Crippen LogP contribution in [-0.4, -0.2) is 73.0 Å². The van der Waals surface area contributed by atoms with Gasteiger partial charge in [-0.25, -0.2) is 0 Å². The molecule has 3 rings (SSSR count). The third kappa shape index (κ3) is 5.59. The number of piperidine rings is 1. The fourth-order valence-electron chi connectivity index (χ4n) is 3.94. The van der Waals surface area contributed by atoms with Crippen LogP contribution in [0.15, 0.2) is 24.3 Å². The van der Waals surface area contributed by atoms with E-state index in [0.29, 0.717) is 25.8 Å². The number of hydrogen-bond donors (Lipinski definition) is 1. The molecule has 140 valence electrons. The molecular weight excluding hydrogens is 316 g/mol. The molecule has 2 aliphatic rings. The summed E-state index contributed by atoms with van der Waals surface area (Å²) in [4.78, 5) is 5.04. The van der Waals surface area contributed by atoms with E-state index in [9.17, 15) is 5.11 Å². The van der Waals surface area contributed by atoms with E-state index >= 15 is 0 Å². The van der Waals surface area contributed by atoms with Crippen LogP contribution in [0.25, 0.3) is 0 Å². The Morgan fingerprint density at radius 1 is 1.04 bits per heavy atom. The lowest BCUT2D eigenvalue weighted by atomic mass is 10.0. The summed E-state index contributed by atoms with van der Waals surface area (Å²) in [6, 6.07) is 8.26. The van der Waals surface area contributed by atoms with Gasteiger partial charge in [-0.05, 0) is 76.5 Å². The van der Waals surface area contributed by atoms with Crippen LogP contribution in [0, 0.1) is 0 Å². The third-order valence-corrected chi connectivity index (χ3v) is 5.18. The molecule has 0 aromatic heterocycles. The molecule has 5 nitrogen and oxygen atoms in total. The molecule has 2 unspecified atom stereocenters. The van der Waals surface area contributed by atoms with Crippen LogP contribution in [0.4, 0.5) is 0 Å². The highest BCUT2D eigenvalue weighted by molar-refractivity contribution is 5.31. The average molecular weight is 348 g/mol. The smallest absolute Gasteiger partial charge is 0.119 e. The van der Waals surface area contributed by atoms with E-state index in [1.54, 1.807) is 0 Å². The Morgan fingerprint density at radius 2 is 1.72 bits per heavy atom. The first kappa shape index (κ1) is 18.5. The van der Waals surface area contributed by atoms with Gasteiger partial charge in [0.15, 0.2) is 0 Å². The van der Waals surface area contributed by atoms with Crippen LogP contribution in [-0.2, 0) is 0 Å². The maximum atomic E-state index is 10.3. The van der Waals surface area contributed by atoms with Crippen molar-refractivity contribution < 1.29 is 14.6 Å². The van der Waals surface area contributed by atoms with Crippen LogP contribution in [0.3, 0.4) is 0 Å². The van der Waals surface area contributed by atoms with Crippen molar-refractivity contribution in [1.29, 1.82) is 0 Å². The van der Waals surface area contributed by atoms with Crippen LogP contribution in [0.5, 0.6) is 11.5 Å². The second-order valence-electron chi connectivity index (χ2n) is 7.17. The van der Waals surface area contributed by atoms with Gasteiger partial charge in [-0.15, -0.1) is 0 Å². The van der Waals surface area contributed by atoms with Gasteiger partial charge in [-0.2, -0.15) is 0 Å². The Bertz CT molecular complexity index is 502. The van der Waals surface area contributed by atoms with E-state index in [0.717, 1.165) is 24.6 Å². The van der Waals surface area contributed by atoms with Crippen LogP contribution in [0.1, 0.15) is 32.6 Å². The van der Waals surface area contributed by atoms with Gasteiger partial charge in [0.25, 0.3) is 0 Å². The predicted molar refractivity (Wildman–Crippen MR) is 99.4 cm³/mol. The van der Waals surface area contributed by atoms with Crippen molar-refractivity contribution in [2.24, 2.45) is 0 Å². The standard InChI is InChI=1S/C20H32N2O3/c1-2-24-19-7-9-20(10-8-19)25-16-18(23)15-21-11-5-6-17(14-21)22-12-3-4-13-22/h7-10,17-18,23H,2-6,11-16H2,1H3. The molecule has 0 saturated carbocycles. The number of benzene rings is 1. The monoisotopic (exact) mass is 348 g/mol. The summed E-state index contributed by atoms with van der Waals surface area (Å²) < 4.78 is 11.2. The van der Waals surface area contributed by atoms with Crippen molar-refractivity contribution >= 4 is 0 Å². The zero-order valence-electron chi connectivity index (χ0n) is 15.4. The first-order valence-corrected chi connectivity index (χ1v) is 9.74. The molecule has 1 N–H and O–H groups in total. The number of nitrogens with zero attached hydrogens (tertiary/aromatic N) is 2. The highest BCUT2D eigenvalue weighted by Crippen LogP contribution is 2.21. The number of hydrogen-bond acceptors (Lipinski definition) is 5. The summed E-state index contributed by atoms with van der Waals surface area (Å²) in [7, 11) is 0. The predicted octanol–water partition coefficient (Wildman–Crippen LogP) is 2.39. The minimum atomic E-state index is -0.455. The molecule has 25 heavy (non-hydrogen) atoms. The zero-order chi connectivity index (χ0) is 17.5. The normalized spacial score (nSPS) is 23.5. The molecule has 0 aliphatic carbocycles. The number of likely N-dealkylation sites (tertiary alicyclic amines) is 2. The van der Waals surface area contributed by atoms with Crippen LogP contribution < -0.4 is 9.47 Å². The van der Waals surface area contributed by atoms with Gasteiger partial charge in [0.05, 0.1) is 6.61 Å². The van der Waals surface area contributed by atoms with Crippen molar-refractivity contribution in [1.82, 2.24) is 9.80 Å². The molecule has 2 fully saturated rings. The Morgan fingerprint density at radius 3 is 2.40 bits per heavy atom. The molecule has 2 atom stereocenters. The number of aliphatic hydroxyl groups excluding tert-OH is 1. The topological polar surface area (TPSA) is 45.2 Å². The Balaban J connectivity index is 1.40. The molecule has 0 amide bonds. The van der Waals surface area contributed by atoms with E-state index in [4.69, 9.17) is 9.47 Å². The summed E-state index contributed by atoms with van der Waals surface area (Å²) in [5.41, 5.74) is 0. The summed E-state index contributed by atoms with van der Waals surface area (Å²) in [5, 5.41) is 10.3. The van der Waals surface area contributed by atoms with Crippen molar-refractivity contribution in [3.8, 4) is 11.5 Å². The highest BCUT2D eigenvalue weighted by atomic mass is 16.5. The fourth-order valence-corrected chi connectivity index (χ4v) is 3.94. The van der Waals surface area contributed by atoms with Gasteiger partial charge >= 0.3 is 0 Å². The number of rotatable bonds is 8. The van der Waals surface area contributed by atoms with Crippen LogP contribution in [0.2, 0.25) is 0 Å². The van der Waals surface area contributed by atoms with Crippen molar-refractivity contribution in [3.05, 3.63) is 24.3 Å². The first-order valence-electron chi connectivity index (χ1n) is 9.74. The summed E-state index contributed by atoms with van der Waals surface area (Å²) in [6.45, 7) is 8.33. The van der Waals surface area contributed by atoms with Crippen molar-refractivity contribution in [2.45, 2.75) is 44.8 Å². The number of ether oxygens (including phenoxy) is 2. The van der Waals surface area contributed by atoms with Crippen molar-refractivity contribution in [2.75, 3.05) is 45.9 Å². The SMILES string of the molecule is CCOc1ccc(OCC(O)CN2CCCC(N3CCCC3)C2)cc1. The molecule has 1 aromatic rings. The Hall–Kier alpha value is -1.30. The quantitative estimate of drug-likeness (QED) is 0.781. The van der Waals surface area contributed by atoms with E-state index < -0.39 is 6.10 Å². The van der Waals surface area contributed by atoms with Gasteiger partial charge < -0.3 is 14.6 Å². The number of aliphatic hydroxyl groups is 1. The lowest BCUT2D eigenvalue weighted by Crippen LogP contribution is -2.49. The molecule has 2 saturated heterocycles. The average Bonchev–Trinajstić information content (AvgIpc) is 3.16. The molecule has 0 bridgehead atoms. The summed E-state index contributed by atoms with van der Waals surface area (Å²) >= 11 is 0. The molecular formula is C20H32N2O3. The largest absolute Gasteiger partial charge is 0.494 e. The van der Waals surface area contributed by atoms with E-state index in [2.05, 4.69) is 9.80 Å². The molecule has 0 spiro atoms. The fraction of sp³-hybridized carbons (Fsp3) is 0.700. The zero-order valence-corrected chi connectivity index (χ0v) is 15.4. The van der Waals surface area contributed by atoms with Crippen LogP contribution >= 0.6 is 0 Å². The molecule has 2 aliphatic heterocycles. The third-order valence-electron chi connectivity index (χ3n) is 5.18. The summed E-state index contributed by atoms with van der Waals surface area (Å²) in [6.07, 6.45) is 4.76. The van der Waals surface area contributed by atoms with Gasteiger partial charge in [-0.3, -0.25) is 9.80 Å². The van der Waals surface area contributed by atoms with Gasteiger partial charge in [0.2, 0.25) is 0 Å². The van der Waals surface area contributed by atoms with E-state index in [-0.39, 0.29) is 0 Å². The maximum Gasteiger partial charge on any atom is 0.119 e. The number of β-amino-alcohol motifs (C(OH)–C–C–N with tert-alkyl or cyclic N) is 1. The second-order valence-corrected chi connectivity index (χ2v) is 7.17. The van der Waals surface area contributed by atoms with Gasteiger partial charge in [0.1, 0.15) is 24.2 Å². The molecule has 0 radical (unpaired) electrons. The Kier molecular flexibility index (Phi) is 6.96. The minimum absolute atomic E-state index is 0.332. The maximum absolute atomic E-state index is 10.3. The first-order chi connectivity index (χ1) is 12.2. The minimum Gasteiger partial charge on any atom is -0.494 e. The molecule has 1 aromatic carbocycles. The van der Waals surface area contributed by atoms with E-state index in [1.165, 1.54) is 38.8 Å². The van der Waals surface area contributed by atoms with E-state index in [1.807, 2.05) is 31.2 Å². The van der Waals surface area contributed by atoms with Crippen molar-refractivity contribution in [3.63, 3.8) is 0 Å².